The van der Waals surface area contributed by atoms with Gasteiger partial charge in [0.25, 0.3) is 5.91 Å². The Morgan fingerprint density at radius 1 is 1.00 bits per heavy atom. The van der Waals surface area contributed by atoms with Crippen LogP contribution in [0, 0.1) is 19.7 Å². The Bertz CT molecular complexity index is 1290. The summed E-state index contributed by atoms with van der Waals surface area (Å²) in [4.78, 5) is 20.6. The Balaban J connectivity index is 1.56. The Labute approximate surface area is 186 Å². The predicted octanol–water partition coefficient (Wildman–Crippen LogP) is 5.36. The second kappa shape index (κ2) is 9.47. The van der Waals surface area contributed by atoms with E-state index < -0.39 is 11.7 Å². The number of aryl methyl sites for hydroxylation is 1. The fourth-order valence-electron chi connectivity index (χ4n) is 3.57. The van der Waals surface area contributed by atoms with Crippen LogP contribution in [0.4, 0.5) is 10.1 Å². The van der Waals surface area contributed by atoms with E-state index in [1.54, 1.807) is 12.1 Å². The minimum atomic E-state index is -0.574. The highest BCUT2D eigenvalue weighted by atomic mass is 19.1. The third-order valence-corrected chi connectivity index (χ3v) is 5.53. The van der Waals surface area contributed by atoms with Crippen molar-refractivity contribution in [2.45, 2.75) is 20.3 Å². The molecule has 0 unspecified atom stereocenters. The average molecular weight is 429 g/mol. The first-order valence-corrected chi connectivity index (χ1v) is 10.5. The number of hydrogen-bond donors (Lipinski definition) is 3. The quantitative estimate of drug-likeness (QED) is 0.296. The van der Waals surface area contributed by atoms with Crippen molar-refractivity contribution in [3.8, 4) is 0 Å². The first-order chi connectivity index (χ1) is 15.5. The molecule has 0 aliphatic carbocycles. The number of rotatable bonds is 5. The standard InChI is InChI=1S/C26H25FN4O/c1-17-8-7-13-23(18(17)2)30-26(31-25(32)21-10-3-5-11-22(21)27)28-15-14-19-16-29-24-12-6-4-9-20(19)24/h3-13,16,29H,14-15H2,1-2H3,(H2,28,30,31,32). The molecule has 0 spiro atoms. The highest BCUT2D eigenvalue weighted by molar-refractivity contribution is 6.10. The van der Waals surface area contributed by atoms with Crippen molar-refractivity contribution < 1.29 is 9.18 Å². The Hall–Kier alpha value is -3.93. The number of H-pyrrole nitrogens is 1. The molecular formula is C26H25FN4O. The minimum Gasteiger partial charge on any atom is -0.361 e. The predicted molar refractivity (Wildman–Crippen MR) is 128 cm³/mol. The second-order valence-corrected chi connectivity index (χ2v) is 7.65. The number of aromatic amines is 1. The zero-order valence-electron chi connectivity index (χ0n) is 18.1. The lowest BCUT2D eigenvalue weighted by Crippen LogP contribution is -2.37. The number of carbonyl (C=O) groups excluding carboxylic acids is 1. The van der Waals surface area contributed by atoms with E-state index in [0.717, 1.165) is 33.3 Å². The summed E-state index contributed by atoms with van der Waals surface area (Å²) >= 11 is 0. The van der Waals surface area contributed by atoms with Crippen molar-refractivity contribution in [3.05, 3.63) is 101 Å². The molecule has 1 heterocycles. The number of anilines is 1. The molecular weight excluding hydrogens is 403 g/mol. The number of para-hydroxylation sites is 1. The number of hydrogen-bond acceptors (Lipinski definition) is 2. The molecule has 1 amide bonds. The van der Waals surface area contributed by atoms with Crippen LogP contribution in [-0.4, -0.2) is 23.4 Å². The van der Waals surface area contributed by atoms with Gasteiger partial charge in [-0.25, -0.2) is 4.39 Å². The van der Waals surface area contributed by atoms with Gasteiger partial charge >= 0.3 is 0 Å². The van der Waals surface area contributed by atoms with Gasteiger partial charge in [-0.15, -0.1) is 0 Å². The molecule has 4 aromatic rings. The van der Waals surface area contributed by atoms with Gasteiger partial charge in [0.05, 0.1) is 5.56 Å². The molecule has 0 fully saturated rings. The molecule has 6 heteroatoms. The zero-order valence-corrected chi connectivity index (χ0v) is 18.1. The van der Waals surface area contributed by atoms with Gasteiger partial charge < -0.3 is 10.3 Å². The molecule has 32 heavy (non-hydrogen) atoms. The largest absolute Gasteiger partial charge is 0.361 e. The van der Waals surface area contributed by atoms with Gasteiger partial charge in [0.1, 0.15) is 5.82 Å². The van der Waals surface area contributed by atoms with Gasteiger partial charge in [-0.1, -0.05) is 42.5 Å². The highest BCUT2D eigenvalue weighted by Gasteiger charge is 2.14. The van der Waals surface area contributed by atoms with Crippen LogP contribution < -0.4 is 10.6 Å². The van der Waals surface area contributed by atoms with E-state index in [1.807, 2.05) is 56.4 Å². The van der Waals surface area contributed by atoms with E-state index in [1.165, 1.54) is 12.1 Å². The summed E-state index contributed by atoms with van der Waals surface area (Å²) in [7, 11) is 0. The summed E-state index contributed by atoms with van der Waals surface area (Å²) in [5, 5.41) is 7.11. The molecule has 1 aromatic heterocycles. The maximum Gasteiger partial charge on any atom is 0.260 e. The summed E-state index contributed by atoms with van der Waals surface area (Å²) in [5.41, 5.74) is 5.21. The highest BCUT2D eigenvalue weighted by Crippen LogP contribution is 2.19. The number of aliphatic imine (C=N–C) groups is 1. The van der Waals surface area contributed by atoms with E-state index >= 15 is 0 Å². The summed E-state index contributed by atoms with van der Waals surface area (Å²) in [6.07, 6.45) is 2.67. The fraction of sp³-hybridized carbons (Fsp3) is 0.154. The van der Waals surface area contributed by atoms with Crippen LogP contribution in [0.5, 0.6) is 0 Å². The number of benzene rings is 3. The van der Waals surface area contributed by atoms with Gasteiger partial charge in [-0.3, -0.25) is 15.1 Å². The van der Waals surface area contributed by atoms with Gasteiger partial charge in [0.2, 0.25) is 5.96 Å². The van der Waals surface area contributed by atoms with Crippen LogP contribution in [0.15, 0.2) is 77.9 Å². The fourth-order valence-corrected chi connectivity index (χ4v) is 3.57. The maximum absolute atomic E-state index is 14.1. The van der Waals surface area contributed by atoms with Crippen LogP contribution in [0.3, 0.4) is 0 Å². The lowest BCUT2D eigenvalue weighted by molar-refractivity contribution is 0.0973. The van der Waals surface area contributed by atoms with Gasteiger partial charge in [-0.05, 0) is 61.2 Å². The van der Waals surface area contributed by atoms with Crippen molar-refractivity contribution in [1.29, 1.82) is 0 Å². The molecule has 0 bridgehead atoms. The third kappa shape index (κ3) is 4.70. The van der Waals surface area contributed by atoms with Crippen LogP contribution >= 0.6 is 0 Å². The minimum absolute atomic E-state index is 0.0282. The van der Waals surface area contributed by atoms with Crippen molar-refractivity contribution in [1.82, 2.24) is 10.3 Å². The molecule has 0 saturated carbocycles. The molecule has 3 N–H and O–H groups in total. The SMILES string of the molecule is Cc1cccc(NC(=NCCc2c[nH]c3ccccc23)NC(=O)c2ccccc2F)c1C. The van der Waals surface area contributed by atoms with Crippen LogP contribution in [0.1, 0.15) is 27.0 Å². The maximum atomic E-state index is 14.1. The monoisotopic (exact) mass is 428 g/mol. The topological polar surface area (TPSA) is 69.3 Å². The van der Waals surface area contributed by atoms with Crippen molar-refractivity contribution >= 4 is 28.5 Å². The lowest BCUT2D eigenvalue weighted by atomic mass is 10.1. The number of aromatic nitrogens is 1. The van der Waals surface area contributed by atoms with Gasteiger partial charge in [0, 0.05) is 29.3 Å². The lowest BCUT2D eigenvalue weighted by Gasteiger charge is -2.15. The molecule has 0 atom stereocenters. The number of fused-ring (bicyclic) bond motifs is 1. The van der Waals surface area contributed by atoms with E-state index in [4.69, 9.17) is 0 Å². The second-order valence-electron chi connectivity index (χ2n) is 7.65. The zero-order chi connectivity index (χ0) is 22.5. The van der Waals surface area contributed by atoms with Crippen molar-refractivity contribution in [2.75, 3.05) is 11.9 Å². The molecule has 0 saturated heterocycles. The van der Waals surface area contributed by atoms with Crippen LogP contribution in [0.2, 0.25) is 0 Å². The molecule has 5 nitrogen and oxygen atoms in total. The molecule has 162 valence electrons. The van der Waals surface area contributed by atoms with Crippen molar-refractivity contribution in [2.24, 2.45) is 4.99 Å². The smallest absolute Gasteiger partial charge is 0.260 e. The Morgan fingerprint density at radius 3 is 2.62 bits per heavy atom. The number of guanidine groups is 1. The Kier molecular flexibility index (Phi) is 6.31. The number of amides is 1. The molecule has 3 aromatic carbocycles. The molecule has 0 radical (unpaired) electrons. The first kappa shape index (κ1) is 21.3. The van der Waals surface area contributed by atoms with E-state index in [9.17, 15) is 9.18 Å². The molecule has 0 aliphatic heterocycles. The average Bonchev–Trinajstić information content (AvgIpc) is 3.20. The summed E-state index contributed by atoms with van der Waals surface area (Å²) in [6, 6.07) is 19.9. The summed E-state index contributed by atoms with van der Waals surface area (Å²) in [6.45, 7) is 4.47. The summed E-state index contributed by atoms with van der Waals surface area (Å²) < 4.78 is 14.1. The normalized spacial score (nSPS) is 11.5. The van der Waals surface area contributed by atoms with E-state index in [0.29, 0.717) is 13.0 Å². The number of halogens is 1. The van der Waals surface area contributed by atoms with E-state index in [2.05, 4.69) is 26.7 Å². The Morgan fingerprint density at radius 2 is 1.78 bits per heavy atom. The van der Waals surface area contributed by atoms with Crippen LogP contribution in [0.25, 0.3) is 10.9 Å². The molecule has 0 aliphatic rings. The van der Waals surface area contributed by atoms with Gasteiger partial charge in [-0.2, -0.15) is 0 Å². The molecule has 4 rings (SSSR count). The van der Waals surface area contributed by atoms with Gasteiger partial charge in [0.15, 0.2) is 0 Å². The summed E-state index contributed by atoms with van der Waals surface area (Å²) in [5.74, 6) is -0.839. The van der Waals surface area contributed by atoms with Crippen LogP contribution in [-0.2, 0) is 6.42 Å². The number of nitrogens with one attached hydrogen (secondary N) is 3. The number of carbonyl (C=O) groups is 1. The van der Waals surface area contributed by atoms with E-state index in [-0.39, 0.29) is 11.5 Å². The third-order valence-electron chi connectivity index (χ3n) is 5.53. The van der Waals surface area contributed by atoms with Crippen molar-refractivity contribution in [3.63, 3.8) is 0 Å². The first-order valence-electron chi connectivity index (χ1n) is 10.5. The number of nitrogens with zero attached hydrogens (tertiary/aromatic N) is 1.